The zero-order valence-electron chi connectivity index (χ0n) is 14.9. The number of piperidine rings is 1. The summed E-state index contributed by atoms with van der Waals surface area (Å²) in [6.45, 7) is 7.09. The van der Waals surface area contributed by atoms with Crippen molar-refractivity contribution >= 4 is 11.9 Å². The predicted octanol–water partition coefficient (Wildman–Crippen LogP) is 3.56. The molecule has 1 aliphatic heterocycles. The summed E-state index contributed by atoms with van der Waals surface area (Å²) in [5.74, 6) is 1.46. The number of nitrogens with zero attached hydrogens (tertiary/aromatic N) is 3. The number of rotatable bonds is 3. The molecule has 1 N–H and O–H groups in total. The van der Waals surface area contributed by atoms with Crippen LogP contribution in [0.4, 0.5) is 10.6 Å². The lowest BCUT2D eigenvalue weighted by Crippen LogP contribution is -2.47. The van der Waals surface area contributed by atoms with Gasteiger partial charge in [0.15, 0.2) is 0 Å². The van der Waals surface area contributed by atoms with Crippen LogP contribution in [-0.4, -0.2) is 45.7 Å². The number of likely N-dealkylation sites (tertiary alicyclic amines) is 1. The Balaban J connectivity index is 1.58. The molecule has 1 amide bonds. The first-order chi connectivity index (χ1) is 11.4. The van der Waals surface area contributed by atoms with Gasteiger partial charge in [0.2, 0.25) is 0 Å². The molecule has 2 aliphatic rings. The maximum Gasteiger partial charge on any atom is 0.410 e. The van der Waals surface area contributed by atoms with E-state index in [4.69, 9.17) is 4.74 Å². The first-order valence-electron chi connectivity index (χ1n) is 8.97. The van der Waals surface area contributed by atoms with E-state index in [0.717, 1.165) is 30.9 Å². The molecule has 1 aromatic rings. The Hall–Kier alpha value is -1.85. The van der Waals surface area contributed by atoms with E-state index >= 15 is 0 Å². The molecule has 2 fully saturated rings. The van der Waals surface area contributed by atoms with Crippen LogP contribution in [0.25, 0.3) is 0 Å². The van der Waals surface area contributed by atoms with Crippen LogP contribution in [0.15, 0.2) is 12.4 Å². The van der Waals surface area contributed by atoms with Gasteiger partial charge in [-0.05, 0) is 46.5 Å². The summed E-state index contributed by atoms with van der Waals surface area (Å²) >= 11 is 0. The van der Waals surface area contributed by atoms with Crippen molar-refractivity contribution in [2.45, 2.75) is 70.4 Å². The van der Waals surface area contributed by atoms with Gasteiger partial charge in [0.25, 0.3) is 0 Å². The van der Waals surface area contributed by atoms with Crippen molar-refractivity contribution < 1.29 is 9.53 Å². The maximum absolute atomic E-state index is 12.3. The number of carbonyl (C=O) groups excluding carboxylic acids is 1. The summed E-state index contributed by atoms with van der Waals surface area (Å²) in [4.78, 5) is 22.8. The van der Waals surface area contributed by atoms with Gasteiger partial charge in [-0.3, -0.25) is 0 Å². The SMILES string of the molecule is CC(C)(C)OC(=O)N1CCCC(Nc2cc(C3CCC3)ncn2)C1. The smallest absolute Gasteiger partial charge is 0.410 e. The number of aromatic nitrogens is 2. The predicted molar refractivity (Wildman–Crippen MR) is 93.1 cm³/mol. The molecule has 2 heterocycles. The molecule has 6 nitrogen and oxygen atoms in total. The van der Waals surface area contributed by atoms with Crippen LogP contribution >= 0.6 is 0 Å². The normalized spacial score (nSPS) is 22.0. The lowest BCUT2D eigenvalue weighted by atomic mass is 9.83. The van der Waals surface area contributed by atoms with Gasteiger partial charge in [0.05, 0.1) is 0 Å². The summed E-state index contributed by atoms with van der Waals surface area (Å²) in [7, 11) is 0. The Morgan fingerprint density at radius 3 is 2.71 bits per heavy atom. The number of amides is 1. The van der Waals surface area contributed by atoms with E-state index in [2.05, 4.69) is 21.4 Å². The van der Waals surface area contributed by atoms with Crippen molar-refractivity contribution in [1.82, 2.24) is 14.9 Å². The van der Waals surface area contributed by atoms with Crippen LogP contribution in [0.1, 0.15) is 64.5 Å². The van der Waals surface area contributed by atoms with E-state index in [1.54, 1.807) is 11.2 Å². The van der Waals surface area contributed by atoms with Crippen molar-refractivity contribution in [2.24, 2.45) is 0 Å². The average Bonchev–Trinajstić information content (AvgIpc) is 2.44. The molecule has 24 heavy (non-hydrogen) atoms. The topological polar surface area (TPSA) is 67.3 Å². The highest BCUT2D eigenvalue weighted by molar-refractivity contribution is 5.68. The Kier molecular flexibility index (Phi) is 4.92. The molecule has 0 radical (unpaired) electrons. The van der Waals surface area contributed by atoms with Gasteiger partial charge >= 0.3 is 6.09 Å². The van der Waals surface area contributed by atoms with E-state index in [0.29, 0.717) is 12.5 Å². The highest BCUT2D eigenvalue weighted by atomic mass is 16.6. The maximum atomic E-state index is 12.3. The van der Waals surface area contributed by atoms with Crippen molar-refractivity contribution in [1.29, 1.82) is 0 Å². The van der Waals surface area contributed by atoms with Gasteiger partial charge in [0.1, 0.15) is 17.7 Å². The standard InChI is InChI=1S/C18H28N4O2/c1-18(2,3)24-17(23)22-9-5-8-14(11-22)21-16-10-15(19-12-20-16)13-6-4-7-13/h10,12-14H,4-9,11H2,1-3H3,(H,19,20,21). The van der Waals surface area contributed by atoms with Crippen LogP contribution in [0.5, 0.6) is 0 Å². The summed E-state index contributed by atoms with van der Waals surface area (Å²) < 4.78 is 5.48. The molecule has 1 saturated carbocycles. The third-order valence-electron chi connectivity index (χ3n) is 4.64. The minimum Gasteiger partial charge on any atom is -0.444 e. The monoisotopic (exact) mass is 332 g/mol. The molecule has 1 atom stereocenters. The van der Waals surface area contributed by atoms with Crippen molar-refractivity contribution in [3.05, 3.63) is 18.1 Å². The van der Waals surface area contributed by atoms with Crippen molar-refractivity contribution in [3.8, 4) is 0 Å². The number of carbonyl (C=O) groups is 1. The second kappa shape index (κ2) is 6.95. The van der Waals surface area contributed by atoms with Crippen LogP contribution in [0.2, 0.25) is 0 Å². The summed E-state index contributed by atoms with van der Waals surface area (Å²) in [6.07, 6.45) is 7.17. The molecule has 0 bridgehead atoms. The van der Waals surface area contributed by atoms with E-state index in [9.17, 15) is 4.79 Å². The summed E-state index contributed by atoms with van der Waals surface area (Å²) in [5, 5.41) is 3.47. The van der Waals surface area contributed by atoms with Gasteiger partial charge in [0, 0.05) is 36.8 Å². The molecule has 0 aromatic carbocycles. The Morgan fingerprint density at radius 1 is 1.25 bits per heavy atom. The second-order valence-electron chi connectivity index (χ2n) is 7.87. The Bertz CT molecular complexity index is 581. The number of nitrogens with one attached hydrogen (secondary N) is 1. The first-order valence-corrected chi connectivity index (χ1v) is 8.97. The molecule has 1 saturated heterocycles. The van der Waals surface area contributed by atoms with Crippen molar-refractivity contribution in [2.75, 3.05) is 18.4 Å². The third kappa shape index (κ3) is 4.36. The fraction of sp³-hybridized carbons (Fsp3) is 0.722. The van der Waals surface area contributed by atoms with E-state index in [-0.39, 0.29) is 12.1 Å². The quantitative estimate of drug-likeness (QED) is 0.917. The number of ether oxygens (including phenoxy) is 1. The van der Waals surface area contributed by atoms with Crippen LogP contribution < -0.4 is 5.32 Å². The van der Waals surface area contributed by atoms with E-state index in [1.165, 1.54) is 19.3 Å². The fourth-order valence-electron chi connectivity index (χ4n) is 3.17. The highest BCUT2D eigenvalue weighted by Crippen LogP contribution is 2.35. The molecule has 1 aliphatic carbocycles. The number of hydrogen-bond acceptors (Lipinski definition) is 5. The zero-order valence-corrected chi connectivity index (χ0v) is 14.9. The zero-order chi connectivity index (χ0) is 17.2. The van der Waals surface area contributed by atoms with Gasteiger partial charge in [-0.15, -0.1) is 0 Å². The molecule has 1 unspecified atom stereocenters. The first kappa shape index (κ1) is 17.0. The fourth-order valence-corrected chi connectivity index (χ4v) is 3.17. The lowest BCUT2D eigenvalue weighted by Gasteiger charge is -2.34. The van der Waals surface area contributed by atoms with Gasteiger partial charge in [-0.2, -0.15) is 0 Å². The minimum absolute atomic E-state index is 0.204. The van der Waals surface area contributed by atoms with Gasteiger partial charge in [-0.1, -0.05) is 6.42 Å². The summed E-state index contributed by atoms with van der Waals surface area (Å²) in [6, 6.07) is 2.27. The average molecular weight is 332 g/mol. The third-order valence-corrected chi connectivity index (χ3v) is 4.64. The van der Waals surface area contributed by atoms with Gasteiger partial charge < -0.3 is 15.0 Å². The highest BCUT2D eigenvalue weighted by Gasteiger charge is 2.28. The minimum atomic E-state index is -0.457. The molecular formula is C18H28N4O2. The van der Waals surface area contributed by atoms with Crippen molar-refractivity contribution in [3.63, 3.8) is 0 Å². The van der Waals surface area contributed by atoms with Crippen LogP contribution in [0.3, 0.4) is 0 Å². The van der Waals surface area contributed by atoms with Crippen LogP contribution in [-0.2, 0) is 4.74 Å². The van der Waals surface area contributed by atoms with Crippen LogP contribution in [0, 0.1) is 0 Å². The summed E-state index contributed by atoms with van der Waals surface area (Å²) in [5.41, 5.74) is 0.681. The van der Waals surface area contributed by atoms with E-state index < -0.39 is 5.60 Å². The molecule has 132 valence electrons. The Morgan fingerprint density at radius 2 is 2.04 bits per heavy atom. The largest absolute Gasteiger partial charge is 0.444 e. The van der Waals surface area contributed by atoms with E-state index in [1.807, 2.05) is 20.8 Å². The molecular weight excluding hydrogens is 304 g/mol. The molecule has 6 heteroatoms. The Labute approximate surface area is 144 Å². The van der Waals surface area contributed by atoms with Gasteiger partial charge in [-0.25, -0.2) is 14.8 Å². The number of anilines is 1. The number of hydrogen-bond donors (Lipinski definition) is 1. The molecule has 3 rings (SSSR count). The molecule has 1 aromatic heterocycles. The molecule has 0 spiro atoms. The lowest BCUT2D eigenvalue weighted by molar-refractivity contribution is 0.0206. The second-order valence-corrected chi connectivity index (χ2v) is 7.87.